The summed E-state index contributed by atoms with van der Waals surface area (Å²) in [5.74, 6) is 0.162. The molecule has 0 aliphatic carbocycles. The lowest BCUT2D eigenvalue weighted by atomic mass is 10.0. The summed E-state index contributed by atoms with van der Waals surface area (Å²) in [4.78, 5) is 35.8. The van der Waals surface area contributed by atoms with Crippen LogP contribution in [0, 0.1) is 10.1 Å². The summed E-state index contributed by atoms with van der Waals surface area (Å²) in [6, 6.07) is 25.1. The molecular formula is C27H21BrN4O5. The predicted octanol–water partition coefficient (Wildman–Crippen LogP) is 5.63. The monoisotopic (exact) mass is 560 g/mol. The van der Waals surface area contributed by atoms with Crippen LogP contribution in [0.25, 0.3) is 11.3 Å². The van der Waals surface area contributed by atoms with Gasteiger partial charge in [0.1, 0.15) is 11.5 Å². The number of nitro benzene ring substituents is 1. The fraction of sp³-hybridized carbons (Fsp3) is 0.0741. The number of rotatable bonds is 9. The van der Waals surface area contributed by atoms with Crippen LogP contribution in [0.2, 0.25) is 0 Å². The van der Waals surface area contributed by atoms with Gasteiger partial charge in [-0.2, -0.15) is 5.10 Å². The molecule has 37 heavy (non-hydrogen) atoms. The molecule has 0 aliphatic heterocycles. The largest absolute Gasteiger partial charge is 0.455 e. The zero-order chi connectivity index (χ0) is 26.2. The van der Waals surface area contributed by atoms with Crippen molar-refractivity contribution >= 4 is 39.6 Å². The molecule has 3 aromatic carbocycles. The topological polar surface area (TPSA) is 127 Å². The highest BCUT2D eigenvalue weighted by Crippen LogP contribution is 2.32. The minimum atomic E-state index is -0.557. The van der Waals surface area contributed by atoms with Gasteiger partial charge >= 0.3 is 0 Å². The highest BCUT2D eigenvalue weighted by atomic mass is 79.9. The number of nitrogens with one attached hydrogen (secondary N) is 2. The second-order valence-corrected chi connectivity index (χ2v) is 8.78. The lowest BCUT2D eigenvalue weighted by molar-refractivity contribution is -0.384. The Bertz CT molecular complexity index is 1440. The van der Waals surface area contributed by atoms with Crippen molar-refractivity contribution < 1.29 is 18.9 Å². The standard InChI is InChI=1S/C27H21BrN4O5/c28-23-15-20(32(35)36)11-13-22(23)25-14-12-21(37-25)17-29-31-26(33)16-24(18-7-3-1-4-8-18)30-27(34)19-9-5-2-6-10-19/h1-15,17,24H,16H2,(H,30,34)(H,31,33)/b29-17-/t24-/m1/s1. The van der Waals surface area contributed by atoms with Crippen molar-refractivity contribution in [2.75, 3.05) is 0 Å². The van der Waals surface area contributed by atoms with Crippen LogP contribution in [0.4, 0.5) is 5.69 Å². The Balaban J connectivity index is 1.40. The van der Waals surface area contributed by atoms with Gasteiger partial charge in [0.25, 0.3) is 11.6 Å². The van der Waals surface area contributed by atoms with Crippen molar-refractivity contribution in [2.24, 2.45) is 5.10 Å². The smallest absolute Gasteiger partial charge is 0.270 e. The Morgan fingerprint density at radius 3 is 2.38 bits per heavy atom. The molecule has 4 aromatic rings. The summed E-state index contributed by atoms with van der Waals surface area (Å²) in [5.41, 5.74) is 4.33. The van der Waals surface area contributed by atoms with Gasteiger partial charge in [0.05, 0.1) is 23.6 Å². The summed E-state index contributed by atoms with van der Waals surface area (Å²) >= 11 is 3.32. The van der Waals surface area contributed by atoms with Crippen LogP contribution in [0.3, 0.4) is 0 Å². The molecule has 0 fully saturated rings. The van der Waals surface area contributed by atoms with Crippen molar-refractivity contribution in [1.29, 1.82) is 0 Å². The molecule has 186 valence electrons. The molecule has 1 heterocycles. The number of hydrogen-bond donors (Lipinski definition) is 2. The Hall–Kier alpha value is -4.57. The Morgan fingerprint density at radius 1 is 1.00 bits per heavy atom. The van der Waals surface area contributed by atoms with E-state index in [9.17, 15) is 19.7 Å². The van der Waals surface area contributed by atoms with Crippen LogP contribution in [0.5, 0.6) is 0 Å². The van der Waals surface area contributed by atoms with Crippen LogP contribution in [0.1, 0.15) is 34.1 Å². The van der Waals surface area contributed by atoms with Crippen LogP contribution in [-0.4, -0.2) is 23.0 Å². The van der Waals surface area contributed by atoms with Gasteiger partial charge in [-0.1, -0.05) is 48.5 Å². The minimum absolute atomic E-state index is 0.0287. The van der Waals surface area contributed by atoms with E-state index in [0.29, 0.717) is 27.1 Å². The first-order valence-corrected chi connectivity index (χ1v) is 12.0. The van der Waals surface area contributed by atoms with Crippen molar-refractivity contribution in [3.8, 4) is 11.3 Å². The molecule has 0 saturated carbocycles. The molecule has 0 saturated heterocycles. The molecule has 4 rings (SSSR count). The van der Waals surface area contributed by atoms with Gasteiger partial charge in [-0.15, -0.1) is 0 Å². The van der Waals surface area contributed by atoms with E-state index in [4.69, 9.17) is 4.42 Å². The maximum absolute atomic E-state index is 12.7. The summed E-state index contributed by atoms with van der Waals surface area (Å²) in [7, 11) is 0. The Kier molecular flexibility index (Phi) is 8.22. The summed E-state index contributed by atoms with van der Waals surface area (Å²) in [5, 5.41) is 17.8. The number of carbonyl (C=O) groups excluding carboxylic acids is 2. The number of furan rings is 1. The van der Waals surface area contributed by atoms with E-state index < -0.39 is 16.9 Å². The van der Waals surface area contributed by atoms with E-state index in [2.05, 4.69) is 31.8 Å². The van der Waals surface area contributed by atoms with Crippen LogP contribution in [0.15, 0.2) is 105 Å². The molecule has 0 bridgehead atoms. The molecule has 9 nitrogen and oxygen atoms in total. The molecule has 2 N–H and O–H groups in total. The van der Waals surface area contributed by atoms with Gasteiger partial charge in [0, 0.05) is 27.7 Å². The summed E-state index contributed by atoms with van der Waals surface area (Å²) < 4.78 is 6.24. The van der Waals surface area contributed by atoms with Gasteiger partial charge in [-0.05, 0) is 51.8 Å². The van der Waals surface area contributed by atoms with Gasteiger partial charge in [-0.25, -0.2) is 5.43 Å². The number of nitrogens with zero attached hydrogens (tertiary/aromatic N) is 2. The van der Waals surface area contributed by atoms with E-state index >= 15 is 0 Å². The van der Waals surface area contributed by atoms with Gasteiger partial charge < -0.3 is 9.73 Å². The zero-order valence-electron chi connectivity index (χ0n) is 19.3. The first-order valence-electron chi connectivity index (χ1n) is 11.2. The Morgan fingerprint density at radius 2 is 1.70 bits per heavy atom. The fourth-order valence-corrected chi connectivity index (χ4v) is 4.11. The van der Waals surface area contributed by atoms with E-state index in [1.165, 1.54) is 18.3 Å². The van der Waals surface area contributed by atoms with Crippen LogP contribution in [-0.2, 0) is 4.79 Å². The second kappa shape index (κ2) is 11.9. The summed E-state index contributed by atoms with van der Waals surface area (Å²) in [6.45, 7) is 0. The number of halogens is 1. The average Bonchev–Trinajstić information content (AvgIpc) is 3.37. The van der Waals surface area contributed by atoms with Gasteiger partial charge in [-0.3, -0.25) is 19.7 Å². The molecule has 0 spiro atoms. The van der Waals surface area contributed by atoms with E-state index in [-0.39, 0.29) is 18.0 Å². The summed E-state index contributed by atoms with van der Waals surface area (Å²) in [6.07, 6.45) is 1.32. The SMILES string of the molecule is O=C(C[C@@H](NC(=O)c1ccccc1)c1ccccc1)N/N=C\c1ccc(-c2ccc([N+](=O)[O-])cc2Br)o1. The third-order valence-electron chi connectivity index (χ3n) is 5.37. The van der Waals surface area contributed by atoms with E-state index in [0.717, 1.165) is 5.56 Å². The third-order valence-corrected chi connectivity index (χ3v) is 6.03. The Labute approximate surface area is 220 Å². The molecule has 1 aromatic heterocycles. The van der Waals surface area contributed by atoms with Crippen LogP contribution < -0.4 is 10.7 Å². The van der Waals surface area contributed by atoms with E-state index in [1.807, 2.05) is 36.4 Å². The number of carbonyl (C=O) groups is 2. The van der Waals surface area contributed by atoms with Crippen molar-refractivity contribution in [3.63, 3.8) is 0 Å². The van der Waals surface area contributed by atoms with Crippen molar-refractivity contribution in [2.45, 2.75) is 12.5 Å². The number of hydrogen-bond acceptors (Lipinski definition) is 6. The average molecular weight is 561 g/mol. The number of nitro groups is 1. The fourth-order valence-electron chi connectivity index (χ4n) is 3.55. The van der Waals surface area contributed by atoms with Crippen molar-refractivity contribution in [3.05, 3.63) is 122 Å². The quantitative estimate of drug-likeness (QED) is 0.156. The first kappa shape index (κ1) is 25.5. The van der Waals surface area contributed by atoms with Crippen molar-refractivity contribution in [1.82, 2.24) is 10.7 Å². The van der Waals surface area contributed by atoms with Gasteiger partial charge in [0.2, 0.25) is 5.91 Å². The van der Waals surface area contributed by atoms with E-state index in [1.54, 1.807) is 42.5 Å². The zero-order valence-corrected chi connectivity index (χ0v) is 20.9. The highest BCUT2D eigenvalue weighted by molar-refractivity contribution is 9.10. The number of hydrazone groups is 1. The molecule has 2 amide bonds. The number of benzene rings is 3. The highest BCUT2D eigenvalue weighted by Gasteiger charge is 2.19. The minimum Gasteiger partial charge on any atom is -0.455 e. The predicted molar refractivity (Wildman–Crippen MR) is 142 cm³/mol. The first-order chi connectivity index (χ1) is 17.9. The molecular weight excluding hydrogens is 540 g/mol. The molecule has 0 unspecified atom stereocenters. The molecule has 0 radical (unpaired) electrons. The molecule has 0 aliphatic rings. The molecule has 1 atom stereocenters. The number of amides is 2. The molecule has 10 heteroatoms. The van der Waals surface area contributed by atoms with Gasteiger partial charge in [0.15, 0.2) is 0 Å². The maximum Gasteiger partial charge on any atom is 0.270 e. The normalized spacial score (nSPS) is 11.7. The third kappa shape index (κ3) is 6.77. The lowest BCUT2D eigenvalue weighted by Crippen LogP contribution is -2.32. The van der Waals surface area contributed by atoms with Crippen LogP contribution >= 0.6 is 15.9 Å². The maximum atomic E-state index is 12.7. The number of non-ortho nitro benzene ring substituents is 1. The lowest BCUT2D eigenvalue weighted by Gasteiger charge is -2.18. The second-order valence-electron chi connectivity index (χ2n) is 7.92.